The average Bonchev–Trinajstić information content (AvgIpc) is 2.49. The number of aryl methyl sites for hydroxylation is 1. The Morgan fingerprint density at radius 2 is 1.79 bits per heavy atom. The van der Waals surface area contributed by atoms with Gasteiger partial charge in [-0.1, -0.05) is 45.4 Å². The molecule has 0 aliphatic carbocycles. The summed E-state index contributed by atoms with van der Waals surface area (Å²) in [6.07, 6.45) is 1.83. The first-order valence-electron chi connectivity index (χ1n) is 6.80. The Balaban J connectivity index is 0.000000741. The van der Waals surface area contributed by atoms with Gasteiger partial charge in [0.05, 0.1) is 5.69 Å². The quantitative estimate of drug-likeness (QED) is 0.773. The number of hydrogen-bond acceptors (Lipinski definition) is 3. The average molecular weight is 259 g/mol. The molecule has 3 heteroatoms. The molecule has 1 heterocycles. The number of aliphatic imine (C=N–C) groups is 1. The Labute approximate surface area is 116 Å². The van der Waals surface area contributed by atoms with Gasteiger partial charge in [-0.25, -0.2) is 9.98 Å². The molecule has 1 aromatic carbocycles. The zero-order valence-corrected chi connectivity index (χ0v) is 12.9. The van der Waals surface area contributed by atoms with Crippen LogP contribution in [-0.2, 0) is 0 Å². The van der Waals surface area contributed by atoms with Crippen molar-refractivity contribution in [3.8, 4) is 0 Å². The van der Waals surface area contributed by atoms with E-state index in [4.69, 9.17) is 0 Å². The summed E-state index contributed by atoms with van der Waals surface area (Å²) >= 11 is 0. The Morgan fingerprint density at radius 1 is 1.16 bits per heavy atom. The lowest BCUT2D eigenvalue weighted by Crippen LogP contribution is -1.92. The Kier molecular flexibility index (Phi) is 8.18. The highest BCUT2D eigenvalue weighted by molar-refractivity contribution is 5.98. The van der Waals surface area contributed by atoms with Crippen LogP contribution >= 0.6 is 0 Å². The number of fused-ring (bicyclic) bond motifs is 1. The van der Waals surface area contributed by atoms with Crippen molar-refractivity contribution in [2.45, 2.75) is 34.6 Å². The van der Waals surface area contributed by atoms with Gasteiger partial charge in [-0.2, -0.15) is 0 Å². The van der Waals surface area contributed by atoms with Gasteiger partial charge in [-0.3, -0.25) is 0 Å². The first-order chi connectivity index (χ1) is 9.26. The molecular formula is C16H25N3. The van der Waals surface area contributed by atoms with Gasteiger partial charge in [0, 0.05) is 24.0 Å². The summed E-state index contributed by atoms with van der Waals surface area (Å²) < 4.78 is 0. The molecule has 0 aliphatic heterocycles. The zero-order valence-electron chi connectivity index (χ0n) is 12.9. The van der Waals surface area contributed by atoms with Gasteiger partial charge >= 0.3 is 0 Å². The fraction of sp³-hybridized carbons (Fsp3) is 0.375. The lowest BCUT2D eigenvalue weighted by Gasteiger charge is -2.08. The maximum absolute atomic E-state index is 4.25. The van der Waals surface area contributed by atoms with Crippen LogP contribution < -0.4 is 5.32 Å². The summed E-state index contributed by atoms with van der Waals surface area (Å²) in [5, 5.41) is 5.36. The number of rotatable bonds is 2. The highest BCUT2D eigenvalue weighted by atomic mass is 15.0. The van der Waals surface area contributed by atoms with Crippen molar-refractivity contribution in [3.63, 3.8) is 0 Å². The number of aromatic nitrogens is 1. The second-order valence-corrected chi connectivity index (χ2v) is 3.46. The van der Waals surface area contributed by atoms with Gasteiger partial charge in [-0.15, -0.1) is 0 Å². The Hall–Kier alpha value is -1.90. The molecule has 1 N–H and O–H groups in total. The summed E-state index contributed by atoms with van der Waals surface area (Å²) in [5.74, 6) is 0.647. The maximum atomic E-state index is 4.25. The molecule has 0 atom stereocenters. The molecular weight excluding hydrogens is 234 g/mol. The molecule has 0 aliphatic rings. The minimum absolute atomic E-state index is 0.647. The van der Waals surface area contributed by atoms with E-state index >= 15 is 0 Å². The molecule has 0 radical (unpaired) electrons. The normalized spacial score (nSPS) is 8.74. The third-order valence-electron chi connectivity index (χ3n) is 2.43. The smallest absolute Gasteiger partial charge is 0.175 e. The summed E-state index contributed by atoms with van der Waals surface area (Å²) in [7, 11) is 1.87. The molecule has 0 unspecified atom stereocenters. The molecule has 1 aromatic heterocycles. The number of pyridine rings is 1. The first kappa shape index (κ1) is 17.1. The number of nitrogens with one attached hydrogen (secondary N) is 1. The predicted molar refractivity (Wildman–Crippen MR) is 87.9 cm³/mol. The van der Waals surface area contributed by atoms with Crippen LogP contribution in [0.3, 0.4) is 0 Å². The molecule has 0 amide bonds. The minimum Gasteiger partial charge on any atom is -0.385 e. The fourth-order valence-corrected chi connectivity index (χ4v) is 1.70. The second-order valence-electron chi connectivity index (χ2n) is 3.46. The van der Waals surface area contributed by atoms with Crippen molar-refractivity contribution in [3.05, 3.63) is 30.0 Å². The first-order valence-corrected chi connectivity index (χ1v) is 6.80. The van der Waals surface area contributed by atoms with Crippen molar-refractivity contribution in [2.24, 2.45) is 4.99 Å². The minimum atomic E-state index is 0.647. The standard InChI is InChI=1S/C12H13N3.2C2H6/c1-8-4-5-10-9(6-8)7-15-12(14-3)11(10)13-2;2*1-2/h4-7,13H,3H2,1-2H3;2*1-2H3. The van der Waals surface area contributed by atoms with Crippen LogP contribution in [0, 0.1) is 6.92 Å². The van der Waals surface area contributed by atoms with E-state index < -0.39 is 0 Å². The summed E-state index contributed by atoms with van der Waals surface area (Å²) in [6.45, 7) is 13.6. The molecule has 0 saturated heterocycles. The van der Waals surface area contributed by atoms with Gasteiger partial charge in [0.15, 0.2) is 5.82 Å². The van der Waals surface area contributed by atoms with Crippen molar-refractivity contribution < 1.29 is 0 Å². The van der Waals surface area contributed by atoms with E-state index in [1.807, 2.05) is 40.9 Å². The van der Waals surface area contributed by atoms with E-state index in [0.717, 1.165) is 16.5 Å². The summed E-state index contributed by atoms with van der Waals surface area (Å²) in [5.41, 5.74) is 2.16. The van der Waals surface area contributed by atoms with E-state index in [9.17, 15) is 0 Å². The third kappa shape index (κ3) is 4.05. The van der Waals surface area contributed by atoms with E-state index in [1.54, 1.807) is 0 Å². The van der Waals surface area contributed by atoms with Crippen LogP contribution in [0.1, 0.15) is 33.3 Å². The van der Waals surface area contributed by atoms with Gasteiger partial charge in [0.1, 0.15) is 0 Å². The SMILES string of the molecule is C=Nc1ncc2cc(C)ccc2c1NC.CC.CC. The van der Waals surface area contributed by atoms with Crippen molar-refractivity contribution >= 4 is 29.0 Å². The molecule has 3 nitrogen and oxygen atoms in total. The topological polar surface area (TPSA) is 37.3 Å². The monoisotopic (exact) mass is 259 g/mol. The Bertz CT molecular complexity index is 519. The van der Waals surface area contributed by atoms with Crippen LogP contribution in [0.2, 0.25) is 0 Å². The maximum Gasteiger partial charge on any atom is 0.175 e. The van der Waals surface area contributed by atoms with E-state index in [1.165, 1.54) is 5.56 Å². The highest BCUT2D eigenvalue weighted by Crippen LogP contribution is 2.30. The fourth-order valence-electron chi connectivity index (χ4n) is 1.70. The highest BCUT2D eigenvalue weighted by Gasteiger charge is 2.05. The van der Waals surface area contributed by atoms with Gasteiger partial charge < -0.3 is 5.32 Å². The van der Waals surface area contributed by atoms with E-state index in [-0.39, 0.29) is 0 Å². The van der Waals surface area contributed by atoms with Crippen LogP contribution in [0.5, 0.6) is 0 Å². The largest absolute Gasteiger partial charge is 0.385 e. The number of anilines is 1. The van der Waals surface area contributed by atoms with Crippen molar-refractivity contribution in [1.29, 1.82) is 0 Å². The lowest BCUT2D eigenvalue weighted by atomic mass is 10.1. The van der Waals surface area contributed by atoms with Gasteiger partial charge in [0.2, 0.25) is 0 Å². The molecule has 0 fully saturated rings. The molecule has 2 aromatic rings. The van der Waals surface area contributed by atoms with Crippen molar-refractivity contribution in [1.82, 2.24) is 4.98 Å². The summed E-state index contributed by atoms with van der Waals surface area (Å²) in [6, 6.07) is 6.26. The second kappa shape index (κ2) is 9.09. The molecule has 104 valence electrons. The van der Waals surface area contributed by atoms with E-state index in [0.29, 0.717) is 5.82 Å². The molecule has 19 heavy (non-hydrogen) atoms. The number of nitrogens with zero attached hydrogens (tertiary/aromatic N) is 2. The van der Waals surface area contributed by atoms with Crippen LogP contribution in [0.4, 0.5) is 11.5 Å². The van der Waals surface area contributed by atoms with Gasteiger partial charge in [-0.05, 0) is 19.7 Å². The zero-order chi connectivity index (χ0) is 14.8. The lowest BCUT2D eigenvalue weighted by molar-refractivity contribution is 1.29. The van der Waals surface area contributed by atoms with Crippen LogP contribution in [0.15, 0.2) is 29.4 Å². The third-order valence-corrected chi connectivity index (χ3v) is 2.43. The Morgan fingerprint density at radius 3 is 2.32 bits per heavy atom. The molecule has 2 rings (SSSR count). The molecule has 0 bridgehead atoms. The number of benzene rings is 1. The summed E-state index contributed by atoms with van der Waals surface area (Å²) in [4.78, 5) is 8.14. The van der Waals surface area contributed by atoms with Crippen LogP contribution in [0.25, 0.3) is 10.8 Å². The number of hydrogen-bond donors (Lipinski definition) is 1. The molecule has 0 saturated carbocycles. The van der Waals surface area contributed by atoms with Crippen LogP contribution in [-0.4, -0.2) is 18.7 Å². The van der Waals surface area contributed by atoms with E-state index in [2.05, 4.69) is 47.1 Å². The molecule has 0 spiro atoms. The van der Waals surface area contributed by atoms with Crippen molar-refractivity contribution in [2.75, 3.05) is 12.4 Å². The van der Waals surface area contributed by atoms with Gasteiger partial charge in [0.25, 0.3) is 0 Å². The predicted octanol–water partition coefficient (Wildman–Crippen LogP) is 4.97.